The van der Waals surface area contributed by atoms with Gasteiger partial charge in [0.1, 0.15) is 5.69 Å². The summed E-state index contributed by atoms with van der Waals surface area (Å²) in [7, 11) is 0. The molecule has 3 aromatic rings. The minimum Gasteiger partial charge on any atom is -0.478 e. The first-order valence-electron chi connectivity index (χ1n) is 6.30. The van der Waals surface area contributed by atoms with Crippen LogP contribution in [0.5, 0.6) is 0 Å². The molecule has 3 rings (SSSR count). The van der Waals surface area contributed by atoms with Gasteiger partial charge in [0.25, 0.3) is 0 Å². The first kappa shape index (κ1) is 15.1. The number of benzene rings is 1. The number of hydrogen-bond acceptors (Lipinski definition) is 4. The van der Waals surface area contributed by atoms with Gasteiger partial charge >= 0.3 is 11.9 Å². The van der Waals surface area contributed by atoms with Gasteiger partial charge in [0.15, 0.2) is 0 Å². The fraction of sp³-hybridized carbons (Fsp3) is 0. The van der Waals surface area contributed by atoms with Crippen molar-refractivity contribution in [3.05, 3.63) is 72.2 Å². The lowest BCUT2D eigenvalue weighted by Crippen LogP contribution is -1.99. The number of pyridine rings is 2. The molecule has 22 heavy (non-hydrogen) atoms. The average Bonchev–Trinajstić information content (AvgIpc) is 2.55. The fourth-order valence-corrected chi connectivity index (χ4v) is 1.67. The van der Waals surface area contributed by atoms with Gasteiger partial charge in [-0.1, -0.05) is 24.3 Å². The Hall–Kier alpha value is -3.28. The lowest BCUT2D eigenvalue weighted by molar-refractivity contribution is 0.0682. The second kappa shape index (κ2) is 6.94. The number of nitrogens with zero attached hydrogens (tertiary/aromatic N) is 2. The lowest BCUT2D eigenvalue weighted by Gasteiger charge is -1.97. The number of carboxylic acid groups (broad SMARTS) is 2. The van der Waals surface area contributed by atoms with Crippen LogP contribution in [0.15, 0.2) is 60.9 Å². The molecular weight excluding hydrogens is 284 g/mol. The molecule has 6 nitrogen and oxygen atoms in total. The Kier molecular flexibility index (Phi) is 4.77. The molecule has 0 fully saturated rings. The second-order valence-corrected chi connectivity index (χ2v) is 4.24. The molecule has 0 aliphatic rings. The van der Waals surface area contributed by atoms with Crippen LogP contribution in [0, 0.1) is 0 Å². The van der Waals surface area contributed by atoms with Crippen molar-refractivity contribution in [3.8, 4) is 0 Å². The zero-order chi connectivity index (χ0) is 15.9. The highest BCUT2D eigenvalue weighted by Gasteiger charge is 2.03. The molecule has 0 saturated carbocycles. The highest BCUT2D eigenvalue weighted by Crippen LogP contribution is 2.11. The van der Waals surface area contributed by atoms with Crippen LogP contribution < -0.4 is 0 Å². The monoisotopic (exact) mass is 296 g/mol. The summed E-state index contributed by atoms with van der Waals surface area (Å²) in [6.07, 6.45) is 2.84. The summed E-state index contributed by atoms with van der Waals surface area (Å²) in [5.74, 6) is -1.94. The van der Waals surface area contributed by atoms with Gasteiger partial charge in [0.2, 0.25) is 0 Å². The number of carbonyl (C=O) groups is 2. The molecule has 110 valence electrons. The summed E-state index contributed by atoms with van der Waals surface area (Å²) in [6.45, 7) is 0. The molecule has 0 aliphatic carbocycles. The third-order valence-electron chi connectivity index (χ3n) is 2.73. The van der Waals surface area contributed by atoms with Crippen LogP contribution in [0.2, 0.25) is 0 Å². The maximum absolute atomic E-state index is 10.6. The van der Waals surface area contributed by atoms with Crippen molar-refractivity contribution in [2.75, 3.05) is 0 Å². The molecule has 6 heteroatoms. The van der Waals surface area contributed by atoms with Crippen molar-refractivity contribution in [2.24, 2.45) is 0 Å². The minimum atomic E-state index is -0.995. The molecule has 0 unspecified atom stereocenters. The maximum atomic E-state index is 10.6. The van der Waals surface area contributed by atoms with Gasteiger partial charge in [-0.25, -0.2) is 14.6 Å². The second-order valence-electron chi connectivity index (χ2n) is 4.24. The highest BCUT2D eigenvalue weighted by atomic mass is 16.4. The van der Waals surface area contributed by atoms with Gasteiger partial charge in [-0.15, -0.1) is 0 Å². The molecule has 0 aliphatic heterocycles. The number of aromatic nitrogens is 2. The molecule has 0 radical (unpaired) electrons. The van der Waals surface area contributed by atoms with Gasteiger partial charge < -0.3 is 10.2 Å². The van der Waals surface area contributed by atoms with Crippen LogP contribution in [0.4, 0.5) is 0 Å². The van der Waals surface area contributed by atoms with E-state index < -0.39 is 11.9 Å². The quantitative estimate of drug-likeness (QED) is 0.754. The standard InChI is InChI=1S/C10H7NO2.C6H5NO2/c12-10(13)9-6-5-7-3-1-2-4-8(7)11-9;8-6(9)5-2-1-3-7-4-5/h1-6H,(H,12,13);1-4H,(H,8,9). The molecule has 0 spiro atoms. The number of hydrogen-bond donors (Lipinski definition) is 2. The molecule has 0 amide bonds. The van der Waals surface area contributed by atoms with Gasteiger partial charge in [-0.2, -0.15) is 0 Å². The Morgan fingerprint density at radius 2 is 1.64 bits per heavy atom. The number of aromatic carboxylic acids is 2. The Morgan fingerprint density at radius 3 is 2.23 bits per heavy atom. The minimum absolute atomic E-state index is 0.0821. The Balaban J connectivity index is 0.000000172. The number of para-hydroxylation sites is 1. The first-order chi connectivity index (χ1) is 10.6. The Bertz CT molecular complexity index is 803. The molecule has 0 saturated heterocycles. The Morgan fingerprint density at radius 1 is 0.864 bits per heavy atom. The lowest BCUT2D eigenvalue weighted by atomic mass is 10.2. The van der Waals surface area contributed by atoms with E-state index >= 15 is 0 Å². The van der Waals surface area contributed by atoms with Crippen molar-refractivity contribution in [1.82, 2.24) is 9.97 Å². The van der Waals surface area contributed by atoms with Crippen molar-refractivity contribution in [3.63, 3.8) is 0 Å². The maximum Gasteiger partial charge on any atom is 0.354 e. The summed E-state index contributed by atoms with van der Waals surface area (Å²) in [4.78, 5) is 28.3. The molecule has 2 N–H and O–H groups in total. The first-order valence-corrected chi connectivity index (χ1v) is 6.30. The van der Waals surface area contributed by atoms with Crippen molar-refractivity contribution >= 4 is 22.8 Å². The smallest absolute Gasteiger partial charge is 0.354 e. The summed E-state index contributed by atoms with van der Waals surface area (Å²) >= 11 is 0. The van der Waals surface area contributed by atoms with Crippen LogP contribution in [0.25, 0.3) is 10.9 Å². The van der Waals surface area contributed by atoms with E-state index in [1.807, 2.05) is 18.2 Å². The van der Waals surface area contributed by atoms with E-state index in [0.29, 0.717) is 5.52 Å². The van der Waals surface area contributed by atoms with Crippen LogP contribution >= 0.6 is 0 Å². The number of carboxylic acids is 2. The van der Waals surface area contributed by atoms with Crippen molar-refractivity contribution in [2.45, 2.75) is 0 Å². The van der Waals surface area contributed by atoms with Gasteiger partial charge in [-0.05, 0) is 24.3 Å². The van der Waals surface area contributed by atoms with Gasteiger partial charge in [-0.3, -0.25) is 4.98 Å². The molecular formula is C16H12N2O4. The summed E-state index contributed by atoms with van der Waals surface area (Å²) in [5.41, 5.74) is 1.01. The number of rotatable bonds is 2. The van der Waals surface area contributed by atoms with Gasteiger partial charge in [0.05, 0.1) is 11.1 Å². The SMILES string of the molecule is O=C(O)c1ccc2ccccc2n1.O=C(O)c1cccnc1. The van der Waals surface area contributed by atoms with E-state index in [2.05, 4.69) is 9.97 Å². The van der Waals surface area contributed by atoms with E-state index in [4.69, 9.17) is 10.2 Å². The third kappa shape index (κ3) is 3.86. The van der Waals surface area contributed by atoms with Crippen LogP contribution in [-0.4, -0.2) is 32.1 Å². The zero-order valence-corrected chi connectivity index (χ0v) is 11.4. The normalized spacial score (nSPS) is 9.64. The summed E-state index contributed by atoms with van der Waals surface area (Å²) in [6, 6.07) is 13.8. The van der Waals surface area contributed by atoms with E-state index in [1.165, 1.54) is 24.5 Å². The van der Waals surface area contributed by atoms with E-state index in [-0.39, 0.29) is 11.3 Å². The molecule has 0 atom stereocenters. The highest BCUT2D eigenvalue weighted by molar-refractivity contribution is 5.89. The van der Waals surface area contributed by atoms with Crippen LogP contribution in [0.3, 0.4) is 0 Å². The predicted molar refractivity (Wildman–Crippen MR) is 79.9 cm³/mol. The predicted octanol–water partition coefficient (Wildman–Crippen LogP) is 2.71. The number of fused-ring (bicyclic) bond motifs is 1. The van der Waals surface area contributed by atoms with E-state index in [0.717, 1.165) is 5.39 Å². The zero-order valence-electron chi connectivity index (χ0n) is 11.4. The fourth-order valence-electron chi connectivity index (χ4n) is 1.67. The van der Waals surface area contributed by atoms with Gasteiger partial charge in [0, 0.05) is 17.8 Å². The van der Waals surface area contributed by atoms with Crippen LogP contribution in [-0.2, 0) is 0 Å². The topological polar surface area (TPSA) is 100 Å². The third-order valence-corrected chi connectivity index (χ3v) is 2.73. The molecule has 2 heterocycles. The Labute approximate surface area is 125 Å². The molecule has 1 aromatic carbocycles. The van der Waals surface area contributed by atoms with Crippen molar-refractivity contribution < 1.29 is 19.8 Å². The largest absolute Gasteiger partial charge is 0.478 e. The van der Waals surface area contributed by atoms with Crippen LogP contribution in [0.1, 0.15) is 20.8 Å². The van der Waals surface area contributed by atoms with Crippen molar-refractivity contribution in [1.29, 1.82) is 0 Å². The average molecular weight is 296 g/mol. The summed E-state index contributed by atoms with van der Waals surface area (Å²) < 4.78 is 0. The van der Waals surface area contributed by atoms with E-state index in [1.54, 1.807) is 18.2 Å². The van der Waals surface area contributed by atoms with E-state index in [9.17, 15) is 9.59 Å². The summed E-state index contributed by atoms with van der Waals surface area (Å²) in [5, 5.41) is 18.0. The molecule has 2 aromatic heterocycles. The molecule has 0 bridgehead atoms.